The zero-order chi connectivity index (χ0) is 14.4. The highest BCUT2D eigenvalue weighted by molar-refractivity contribution is 8.00. The van der Waals surface area contributed by atoms with Crippen molar-refractivity contribution in [2.45, 2.75) is 4.90 Å². The molecule has 1 aromatic carbocycles. The molecule has 0 aromatic heterocycles. The van der Waals surface area contributed by atoms with Gasteiger partial charge in [-0.1, -0.05) is 0 Å². The van der Waals surface area contributed by atoms with Crippen LogP contribution in [0.4, 0.5) is 5.69 Å². The number of benzene rings is 1. The molecule has 21 heavy (non-hydrogen) atoms. The van der Waals surface area contributed by atoms with Gasteiger partial charge in [0.15, 0.2) is 0 Å². The summed E-state index contributed by atoms with van der Waals surface area (Å²) in [6.07, 6.45) is 0. The smallest absolute Gasteiger partial charge is 0.253 e. The molecule has 3 aliphatic rings. The molecule has 2 N–H and O–H groups in total. The maximum atomic E-state index is 12.6. The molecule has 3 aliphatic heterocycles. The summed E-state index contributed by atoms with van der Waals surface area (Å²) in [6, 6.07) is 5.62. The number of carbonyl (C=O) groups excluding carboxylic acids is 2. The lowest BCUT2D eigenvalue weighted by Gasteiger charge is -2.20. The van der Waals surface area contributed by atoms with Crippen LogP contribution in [-0.2, 0) is 4.79 Å². The van der Waals surface area contributed by atoms with Crippen molar-refractivity contribution in [1.29, 1.82) is 0 Å². The Hall–Kier alpha value is -1.53. The number of hydrogen-bond acceptors (Lipinski definition) is 4. The van der Waals surface area contributed by atoms with Crippen molar-refractivity contribution in [3.63, 3.8) is 0 Å². The van der Waals surface area contributed by atoms with Gasteiger partial charge >= 0.3 is 0 Å². The lowest BCUT2D eigenvalue weighted by atomic mass is 10.0. The van der Waals surface area contributed by atoms with Crippen molar-refractivity contribution < 1.29 is 9.59 Å². The molecule has 2 atom stereocenters. The highest BCUT2D eigenvalue weighted by atomic mass is 32.2. The van der Waals surface area contributed by atoms with Crippen LogP contribution in [0.25, 0.3) is 0 Å². The molecule has 0 aliphatic carbocycles. The Morgan fingerprint density at radius 3 is 2.76 bits per heavy atom. The lowest BCUT2D eigenvalue weighted by molar-refractivity contribution is -0.113. The quantitative estimate of drug-likeness (QED) is 0.813. The Kier molecular flexibility index (Phi) is 3.15. The van der Waals surface area contributed by atoms with Gasteiger partial charge in [0, 0.05) is 36.6 Å². The van der Waals surface area contributed by atoms with Gasteiger partial charge in [0.2, 0.25) is 5.91 Å². The first-order valence-electron chi connectivity index (χ1n) is 7.27. The predicted molar refractivity (Wildman–Crippen MR) is 81.5 cm³/mol. The molecule has 3 heterocycles. The van der Waals surface area contributed by atoms with E-state index in [9.17, 15) is 9.59 Å². The molecule has 0 spiro atoms. The van der Waals surface area contributed by atoms with E-state index in [4.69, 9.17) is 0 Å². The van der Waals surface area contributed by atoms with Crippen LogP contribution >= 0.6 is 11.8 Å². The fraction of sp³-hybridized carbons (Fsp3) is 0.467. The highest BCUT2D eigenvalue weighted by Crippen LogP contribution is 2.33. The van der Waals surface area contributed by atoms with Crippen LogP contribution < -0.4 is 10.6 Å². The number of amides is 2. The molecule has 4 rings (SSSR count). The van der Waals surface area contributed by atoms with Crippen LogP contribution in [0.15, 0.2) is 23.1 Å². The first-order valence-corrected chi connectivity index (χ1v) is 8.26. The Morgan fingerprint density at radius 2 is 2.00 bits per heavy atom. The zero-order valence-corrected chi connectivity index (χ0v) is 12.4. The van der Waals surface area contributed by atoms with Gasteiger partial charge in [-0.2, -0.15) is 0 Å². The molecule has 2 amide bonds. The highest BCUT2D eigenvalue weighted by Gasteiger charge is 2.38. The first kappa shape index (κ1) is 13.2. The summed E-state index contributed by atoms with van der Waals surface area (Å²) >= 11 is 1.52. The summed E-state index contributed by atoms with van der Waals surface area (Å²) in [5, 5.41) is 6.23. The fourth-order valence-corrected chi connectivity index (χ4v) is 4.21. The number of nitrogens with one attached hydrogen (secondary N) is 2. The average Bonchev–Trinajstić information content (AvgIpc) is 3.06. The van der Waals surface area contributed by atoms with Crippen molar-refractivity contribution in [2.24, 2.45) is 11.8 Å². The summed E-state index contributed by atoms with van der Waals surface area (Å²) in [5.41, 5.74) is 1.44. The second-order valence-corrected chi connectivity index (χ2v) is 6.95. The molecule has 5 nitrogen and oxygen atoms in total. The second kappa shape index (κ2) is 5.03. The van der Waals surface area contributed by atoms with Gasteiger partial charge in [-0.15, -0.1) is 11.8 Å². The summed E-state index contributed by atoms with van der Waals surface area (Å²) in [7, 11) is 0. The van der Waals surface area contributed by atoms with Gasteiger partial charge in [-0.05, 0) is 30.0 Å². The molecular formula is C15H17N3O2S. The van der Waals surface area contributed by atoms with Gasteiger partial charge in [0.1, 0.15) is 0 Å². The minimum absolute atomic E-state index is 0.00104. The van der Waals surface area contributed by atoms with Gasteiger partial charge in [-0.25, -0.2) is 0 Å². The number of thioether (sulfide) groups is 1. The summed E-state index contributed by atoms with van der Waals surface area (Å²) in [5.74, 6) is 1.72. The van der Waals surface area contributed by atoms with Crippen LogP contribution in [0.1, 0.15) is 10.4 Å². The van der Waals surface area contributed by atoms with Crippen LogP contribution in [0, 0.1) is 11.8 Å². The van der Waals surface area contributed by atoms with Crippen LogP contribution in [0.2, 0.25) is 0 Å². The SMILES string of the molecule is O=C1CSc2ccc(C(=O)N3C[C@H]4CNC[C@H]4C3)cc2N1. The molecule has 0 bridgehead atoms. The van der Waals surface area contributed by atoms with E-state index in [1.165, 1.54) is 11.8 Å². The van der Waals surface area contributed by atoms with Crippen molar-refractivity contribution in [3.05, 3.63) is 23.8 Å². The standard InChI is InChI=1S/C15H17N3O2S/c19-14-8-21-13-2-1-9(3-12(13)17-14)15(20)18-6-10-4-16-5-11(10)7-18/h1-3,10-11,16H,4-8H2,(H,17,19)/t10-,11+. The Morgan fingerprint density at radius 1 is 1.24 bits per heavy atom. The van der Waals surface area contributed by atoms with E-state index in [1.54, 1.807) is 0 Å². The van der Waals surface area contributed by atoms with Crippen molar-refractivity contribution in [1.82, 2.24) is 10.2 Å². The molecule has 2 fully saturated rings. The van der Waals surface area contributed by atoms with E-state index < -0.39 is 0 Å². The molecule has 110 valence electrons. The maximum Gasteiger partial charge on any atom is 0.253 e. The van der Waals surface area contributed by atoms with Gasteiger partial charge in [0.05, 0.1) is 11.4 Å². The van der Waals surface area contributed by atoms with E-state index in [1.807, 2.05) is 23.1 Å². The number of likely N-dealkylation sites (tertiary alicyclic amines) is 1. The van der Waals surface area contributed by atoms with Gasteiger partial charge in [0.25, 0.3) is 5.91 Å². The average molecular weight is 303 g/mol. The number of nitrogens with zero attached hydrogens (tertiary/aromatic N) is 1. The minimum Gasteiger partial charge on any atom is -0.338 e. The predicted octanol–water partition coefficient (Wildman–Crippen LogP) is 1.02. The van der Waals surface area contributed by atoms with Crippen LogP contribution in [0.3, 0.4) is 0 Å². The monoisotopic (exact) mass is 303 g/mol. The Labute approximate surface area is 127 Å². The topological polar surface area (TPSA) is 61.4 Å². The summed E-state index contributed by atoms with van der Waals surface area (Å²) in [6.45, 7) is 3.72. The van der Waals surface area contributed by atoms with E-state index >= 15 is 0 Å². The molecule has 6 heteroatoms. The maximum absolute atomic E-state index is 12.6. The summed E-state index contributed by atoms with van der Waals surface area (Å²) in [4.78, 5) is 27.1. The number of rotatable bonds is 1. The minimum atomic E-state index is -0.00104. The van der Waals surface area contributed by atoms with Crippen LogP contribution in [0.5, 0.6) is 0 Å². The largest absolute Gasteiger partial charge is 0.338 e. The van der Waals surface area contributed by atoms with Crippen molar-refractivity contribution in [3.8, 4) is 0 Å². The third-order valence-electron chi connectivity index (χ3n) is 4.54. The number of carbonyl (C=O) groups is 2. The number of hydrogen-bond donors (Lipinski definition) is 2. The first-order chi connectivity index (χ1) is 10.2. The molecular weight excluding hydrogens is 286 g/mol. The molecule has 0 radical (unpaired) electrons. The fourth-order valence-electron chi connectivity index (χ4n) is 3.42. The Bertz CT molecular complexity index is 607. The molecule has 0 saturated carbocycles. The van der Waals surface area contributed by atoms with Gasteiger partial charge in [-0.3, -0.25) is 9.59 Å². The zero-order valence-electron chi connectivity index (χ0n) is 11.6. The summed E-state index contributed by atoms with van der Waals surface area (Å²) < 4.78 is 0. The normalized spacial score (nSPS) is 27.2. The third kappa shape index (κ3) is 2.32. The van der Waals surface area contributed by atoms with E-state index in [2.05, 4.69) is 10.6 Å². The van der Waals surface area contributed by atoms with Gasteiger partial charge < -0.3 is 15.5 Å². The lowest BCUT2D eigenvalue weighted by Crippen LogP contribution is -2.32. The molecule has 1 aromatic rings. The van der Waals surface area contributed by atoms with Crippen molar-refractivity contribution in [2.75, 3.05) is 37.2 Å². The number of anilines is 1. The van der Waals surface area contributed by atoms with E-state index in [0.717, 1.165) is 36.8 Å². The van der Waals surface area contributed by atoms with E-state index in [-0.39, 0.29) is 11.8 Å². The molecule has 0 unspecified atom stereocenters. The van der Waals surface area contributed by atoms with Crippen molar-refractivity contribution >= 4 is 29.3 Å². The second-order valence-electron chi connectivity index (χ2n) is 5.94. The van der Waals surface area contributed by atoms with Crippen LogP contribution in [-0.4, -0.2) is 48.6 Å². The number of fused-ring (bicyclic) bond motifs is 2. The Balaban J connectivity index is 1.55. The van der Waals surface area contributed by atoms with E-state index in [0.29, 0.717) is 23.2 Å². The molecule has 2 saturated heterocycles. The third-order valence-corrected chi connectivity index (χ3v) is 5.61.